The lowest BCUT2D eigenvalue weighted by molar-refractivity contribution is 0.335. The number of hydrogen-bond acceptors (Lipinski definition) is 1. The van der Waals surface area contributed by atoms with Crippen LogP contribution in [-0.2, 0) is 0 Å². The monoisotopic (exact) mass is 195 g/mol. The molecular formula is C12H18FN. The Balaban J connectivity index is 2.82. The first-order valence-corrected chi connectivity index (χ1v) is 5.03. The molecule has 0 fully saturated rings. The van der Waals surface area contributed by atoms with Crippen LogP contribution in [0.1, 0.15) is 37.1 Å². The molecule has 0 aromatic heterocycles. The van der Waals surface area contributed by atoms with E-state index < -0.39 is 6.17 Å². The summed E-state index contributed by atoms with van der Waals surface area (Å²) in [6.45, 7) is 4.61. The summed E-state index contributed by atoms with van der Waals surface area (Å²) in [5, 5.41) is 2.84. The van der Waals surface area contributed by atoms with E-state index in [-0.39, 0.29) is 0 Å². The van der Waals surface area contributed by atoms with E-state index in [2.05, 4.69) is 19.2 Å². The van der Waals surface area contributed by atoms with Crippen molar-refractivity contribution in [3.8, 4) is 0 Å². The standard InChI is InChI=1S/C12H18FN/c1-9(2)10-5-4-6-11(7-10)12(13)8-14-3/h4-7,9,12,14H,8H2,1-3H3. The minimum atomic E-state index is -0.904. The first-order valence-electron chi connectivity index (χ1n) is 5.03. The quantitative estimate of drug-likeness (QED) is 0.778. The molecule has 0 aliphatic carbocycles. The van der Waals surface area contributed by atoms with Gasteiger partial charge in [0.2, 0.25) is 0 Å². The summed E-state index contributed by atoms with van der Waals surface area (Å²) in [4.78, 5) is 0. The Bertz CT molecular complexity index is 283. The SMILES string of the molecule is CNCC(F)c1cccc(C(C)C)c1. The third-order valence-electron chi connectivity index (χ3n) is 2.32. The van der Waals surface area contributed by atoms with Crippen LogP contribution in [0.5, 0.6) is 0 Å². The molecule has 78 valence electrons. The number of benzene rings is 1. The maximum atomic E-state index is 13.5. The molecule has 1 aromatic carbocycles. The van der Waals surface area contributed by atoms with E-state index in [0.717, 1.165) is 5.56 Å². The molecule has 0 spiro atoms. The highest BCUT2D eigenvalue weighted by atomic mass is 19.1. The molecule has 1 N–H and O–H groups in total. The van der Waals surface area contributed by atoms with Crippen LogP contribution in [0, 0.1) is 0 Å². The maximum Gasteiger partial charge on any atom is 0.137 e. The average molecular weight is 195 g/mol. The average Bonchev–Trinajstić information content (AvgIpc) is 2.18. The van der Waals surface area contributed by atoms with Gasteiger partial charge in [-0.25, -0.2) is 4.39 Å². The van der Waals surface area contributed by atoms with Crippen LogP contribution in [0.4, 0.5) is 4.39 Å². The molecule has 1 atom stereocenters. The van der Waals surface area contributed by atoms with Gasteiger partial charge in [-0.3, -0.25) is 0 Å². The Morgan fingerprint density at radius 2 is 1.93 bits per heavy atom. The molecule has 1 rings (SSSR count). The van der Waals surface area contributed by atoms with Crippen molar-refractivity contribution < 1.29 is 4.39 Å². The highest BCUT2D eigenvalue weighted by Crippen LogP contribution is 2.21. The van der Waals surface area contributed by atoms with Gasteiger partial charge in [-0.05, 0) is 24.1 Å². The molecule has 1 unspecified atom stereocenters. The first kappa shape index (κ1) is 11.2. The Labute approximate surface area is 85.3 Å². The molecule has 14 heavy (non-hydrogen) atoms. The van der Waals surface area contributed by atoms with Crippen molar-refractivity contribution in [3.63, 3.8) is 0 Å². The minimum absolute atomic E-state index is 0.377. The van der Waals surface area contributed by atoms with Crippen molar-refractivity contribution in [3.05, 3.63) is 35.4 Å². The summed E-state index contributed by atoms with van der Waals surface area (Å²) in [5.41, 5.74) is 1.96. The molecule has 0 bridgehead atoms. The second-order valence-electron chi connectivity index (χ2n) is 3.85. The van der Waals surface area contributed by atoms with Gasteiger partial charge in [0.05, 0.1) is 0 Å². The topological polar surface area (TPSA) is 12.0 Å². The molecule has 2 heteroatoms. The van der Waals surface area contributed by atoms with Gasteiger partial charge in [-0.15, -0.1) is 0 Å². The van der Waals surface area contributed by atoms with E-state index in [0.29, 0.717) is 12.5 Å². The van der Waals surface area contributed by atoms with Crippen LogP contribution in [0.25, 0.3) is 0 Å². The number of halogens is 1. The van der Waals surface area contributed by atoms with Gasteiger partial charge in [0, 0.05) is 6.54 Å². The molecule has 1 aromatic rings. The second-order valence-corrected chi connectivity index (χ2v) is 3.85. The number of hydrogen-bond donors (Lipinski definition) is 1. The Morgan fingerprint density at radius 3 is 2.50 bits per heavy atom. The van der Waals surface area contributed by atoms with Crippen molar-refractivity contribution in [2.75, 3.05) is 13.6 Å². The number of alkyl halides is 1. The zero-order chi connectivity index (χ0) is 10.6. The van der Waals surface area contributed by atoms with Crippen molar-refractivity contribution in [2.24, 2.45) is 0 Å². The zero-order valence-electron chi connectivity index (χ0n) is 9.05. The van der Waals surface area contributed by atoms with Gasteiger partial charge in [-0.2, -0.15) is 0 Å². The van der Waals surface area contributed by atoms with E-state index in [1.54, 1.807) is 7.05 Å². The summed E-state index contributed by atoms with van der Waals surface area (Å²) in [6.07, 6.45) is -0.904. The van der Waals surface area contributed by atoms with E-state index in [1.807, 2.05) is 24.3 Å². The highest BCUT2D eigenvalue weighted by molar-refractivity contribution is 5.27. The lowest BCUT2D eigenvalue weighted by atomic mass is 9.99. The van der Waals surface area contributed by atoms with E-state index in [1.165, 1.54) is 5.56 Å². The molecular weight excluding hydrogens is 177 g/mol. The molecule has 0 saturated heterocycles. The molecule has 1 nitrogen and oxygen atoms in total. The third kappa shape index (κ3) is 2.81. The van der Waals surface area contributed by atoms with Gasteiger partial charge in [0.15, 0.2) is 0 Å². The van der Waals surface area contributed by atoms with Crippen LogP contribution < -0.4 is 5.32 Å². The van der Waals surface area contributed by atoms with Crippen LogP contribution in [-0.4, -0.2) is 13.6 Å². The summed E-state index contributed by atoms with van der Waals surface area (Å²) in [7, 11) is 1.76. The fourth-order valence-corrected chi connectivity index (χ4v) is 1.41. The Morgan fingerprint density at radius 1 is 1.29 bits per heavy atom. The van der Waals surface area contributed by atoms with E-state index in [4.69, 9.17) is 0 Å². The van der Waals surface area contributed by atoms with Crippen molar-refractivity contribution >= 4 is 0 Å². The van der Waals surface area contributed by atoms with Crippen molar-refractivity contribution in [2.45, 2.75) is 25.9 Å². The highest BCUT2D eigenvalue weighted by Gasteiger charge is 2.09. The van der Waals surface area contributed by atoms with Gasteiger partial charge >= 0.3 is 0 Å². The molecule has 0 amide bonds. The maximum absolute atomic E-state index is 13.5. The molecule has 0 aliphatic rings. The predicted octanol–water partition coefficient (Wildman–Crippen LogP) is 3.04. The van der Waals surface area contributed by atoms with Crippen LogP contribution in [0.2, 0.25) is 0 Å². The van der Waals surface area contributed by atoms with E-state index >= 15 is 0 Å². The third-order valence-corrected chi connectivity index (χ3v) is 2.32. The second kappa shape index (κ2) is 5.11. The van der Waals surface area contributed by atoms with Gasteiger partial charge in [0.1, 0.15) is 6.17 Å². The number of likely N-dealkylation sites (N-methyl/N-ethyl adjacent to an activating group) is 1. The summed E-state index contributed by atoms with van der Waals surface area (Å²) in [5.74, 6) is 0.455. The largest absolute Gasteiger partial charge is 0.317 e. The van der Waals surface area contributed by atoms with Gasteiger partial charge < -0.3 is 5.32 Å². The van der Waals surface area contributed by atoms with Crippen LogP contribution in [0.3, 0.4) is 0 Å². The van der Waals surface area contributed by atoms with Crippen LogP contribution in [0.15, 0.2) is 24.3 Å². The summed E-state index contributed by atoms with van der Waals surface area (Å²) in [6, 6.07) is 7.76. The lowest BCUT2D eigenvalue weighted by Gasteiger charge is -2.11. The number of nitrogens with one attached hydrogen (secondary N) is 1. The molecule has 0 radical (unpaired) electrons. The first-order chi connectivity index (χ1) is 6.65. The van der Waals surface area contributed by atoms with Gasteiger partial charge in [-0.1, -0.05) is 38.1 Å². The molecule has 0 aliphatic heterocycles. The fourth-order valence-electron chi connectivity index (χ4n) is 1.41. The Hall–Kier alpha value is -0.890. The zero-order valence-corrected chi connectivity index (χ0v) is 9.05. The fraction of sp³-hybridized carbons (Fsp3) is 0.500. The minimum Gasteiger partial charge on any atom is -0.317 e. The van der Waals surface area contributed by atoms with Crippen LogP contribution >= 0.6 is 0 Å². The molecule has 0 saturated carbocycles. The predicted molar refractivity (Wildman–Crippen MR) is 58.3 cm³/mol. The Kier molecular flexibility index (Phi) is 4.08. The normalized spacial score (nSPS) is 13.2. The molecule has 0 heterocycles. The summed E-state index contributed by atoms with van der Waals surface area (Å²) < 4.78 is 13.5. The number of rotatable bonds is 4. The van der Waals surface area contributed by atoms with Gasteiger partial charge in [0.25, 0.3) is 0 Å². The lowest BCUT2D eigenvalue weighted by Crippen LogP contribution is -2.13. The van der Waals surface area contributed by atoms with Crippen molar-refractivity contribution in [1.82, 2.24) is 5.32 Å². The smallest absolute Gasteiger partial charge is 0.137 e. The van der Waals surface area contributed by atoms with E-state index in [9.17, 15) is 4.39 Å². The summed E-state index contributed by atoms with van der Waals surface area (Å²) >= 11 is 0. The van der Waals surface area contributed by atoms with Crippen molar-refractivity contribution in [1.29, 1.82) is 0 Å².